The van der Waals surface area contributed by atoms with Gasteiger partial charge in [-0.05, 0) is 31.5 Å². The second-order valence-electron chi connectivity index (χ2n) is 4.12. The van der Waals surface area contributed by atoms with E-state index in [1.54, 1.807) is 0 Å². The minimum atomic E-state index is -0.568. The number of piperidine rings is 1. The molecule has 0 aromatic heterocycles. The highest BCUT2D eigenvalue weighted by atomic mass is 35.5. The summed E-state index contributed by atoms with van der Waals surface area (Å²) in [5, 5.41) is 5.93. The Hall–Kier alpha value is -1.13. The predicted molar refractivity (Wildman–Crippen MR) is 64.8 cm³/mol. The van der Waals surface area contributed by atoms with E-state index >= 15 is 0 Å². The van der Waals surface area contributed by atoms with Gasteiger partial charge in [-0.1, -0.05) is 17.7 Å². The van der Waals surface area contributed by atoms with Crippen LogP contribution in [-0.4, -0.2) is 25.0 Å². The SMILES string of the molecule is O=C(NC1CCCNC1)c1cccc(F)c1Cl. The number of hydrogen-bond donors (Lipinski definition) is 2. The lowest BCUT2D eigenvalue weighted by Crippen LogP contribution is -2.45. The molecule has 3 nitrogen and oxygen atoms in total. The number of rotatable bonds is 2. The smallest absolute Gasteiger partial charge is 0.253 e. The van der Waals surface area contributed by atoms with Crippen molar-refractivity contribution in [2.75, 3.05) is 13.1 Å². The van der Waals surface area contributed by atoms with Crippen LogP contribution in [0.1, 0.15) is 23.2 Å². The van der Waals surface area contributed by atoms with E-state index < -0.39 is 5.82 Å². The molecule has 1 heterocycles. The third-order valence-electron chi connectivity index (χ3n) is 2.83. The van der Waals surface area contributed by atoms with Crippen LogP contribution in [0.5, 0.6) is 0 Å². The van der Waals surface area contributed by atoms with Crippen molar-refractivity contribution in [2.24, 2.45) is 0 Å². The first kappa shape index (κ1) is 12.3. The minimum absolute atomic E-state index is 0.0931. The topological polar surface area (TPSA) is 41.1 Å². The molecule has 0 saturated carbocycles. The Kier molecular flexibility index (Phi) is 3.97. The number of hydrogen-bond acceptors (Lipinski definition) is 2. The van der Waals surface area contributed by atoms with Gasteiger partial charge in [0, 0.05) is 12.6 Å². The third kappa shape index (κ3) is 2.96. The number of halogens is 2. The van der Waals surface area contributed by atoms with E-state index in [4.69, 9.17) is 11.6 Å². The Morgan fingerprint density at radius 3 is 3.06 bits per heavy atom. The fourth-order valence-electron chi connectivity index (χ4n) is 1.92. The van der Waals surface area contributed by atoms with Gasteiger partial charge in [-0.25, -0.2) is 4.39 Å². The Morgan fingerprint density at radius 2 is 2.35 bits per heavy atom. The number of carbonyl (C=O) groups excluding carboxylic acids is 1. The molecule has 1 saturated heterocycles. The fraction of sp³-hybridized carbons (Fsp3) is 0.417. The minimum Gasteiger partial charge on any atom is -0.348 e. The van der Waals surface area contributed by atoms with E-state index in [2.05, 4.69) is 10.6 Å². The zero-order valence-corrected chi connectivity index (χ0v) is 10.1. The van der Waals surface area contributed by atoms with Gasteiger partial charge in [0.2, 0.25) is 0 Å². The second kappa shape index (κ2) is 5.47. The summed E-state index contributed by atoms with van der Waals surface area (Å²) in [5.41, 5.74) is 0.192. The van der Waals surface area contributed by atoms with Gasteiger partial charge in [-0.2, -0.15) is 0 Å². The highest BCUT2D eigenvalue weighted by molar-refractivity contribution is 6.34. The predicted octanol–water partition coefficient (Wildman–Crippen LogP) is 1.96. The van der Waals surface area contributed by atoms with E-state index in [-0.39, 0.29) is 22.5 Å². The average Bonchev–Trinajstić information content (AvgIpc) is 2.34. The fourth-order valence-corrected chi connectivity index (χ4v) is 2.13. The zero-order valence-electron chi connectivity index (χ0n) is 9.30. The third-order valence-corrected chi connectivity index (χ3v) is 3.21. The quantitative estimate of drug-likeness (QED) is 0.849. The molecule has 1 fully saturated rings. The summed E-state index contributed by atoms with van der Waals surface area (Å²) in [4.78, 5) is 11.9. The molecule has 0 bridgehead atoms. The first-order valence-corrected chi connectivity index (χ1v) is 6.02. The van der Waals surface area contributed by atoms with E-state index in [1.807, 2.05) is 0 Å². The summed E-state index contributed by atoms with van der Waals surface area (Å²) >= 11 is 5.75. The largest absolute Gasteiger partial charge is 0.348 e. The van der Waals surface area contributed by atoms with Crippen molar-refractivity contribution >= 4 is 17.5 Å². The van der Waals surface area contributed by atoms with Crippen LogP contribution in [0.4, 0.5) is 4.39 Å². The summed E-state index contributed by atoms with van der Waals surface area (Å²) in [6, 6.07) is 4.34. The number of nitrogens with one attached hydrogen (secondary N) is 2. The molecule has 1 aromatic rings. The van der Waals surface area contributed by atoms with Crippen LogP contribution in [0, 0.1) is 5.82 Å². The van der Waals surface area contributed by atoms with Crippen LogP contribution in [0.25, 0.3) is 0 Å². The van der Waals surface area contributed by atoms with Crippen molar-refractivity contribution in [1.29, 1.82) is 0 Å². The van der Waals surface area contributed by atoms with Gasteiger partial charge in [0.25, 0.3) is 5.91 Å². The van der Waals surface area contributed by atoms with E-state index in [0.717, 1.165) is 25.9 Å². The van der Waals surface area contributed by atoms with E-state index in [0.29, 0.717) is 0 Å². The van der Waals surface area contributed by atoms with Gasteiger partial charge >= 0.3 is 0 Å². The van der Waals surface area contributed by atoms with Crippen molar-refractivity contribution in [2.45, 2.75) is 18.9 Å². The van der Waals surface area contributed by atoms with Crippen LogP contribution in [0.2, 0.25) is 5.02 Å². The summed E-state index contributed by atoms with van der Waals surface area (Å²) in [5.74, 6) is -0.885. The summed E-state index contributed by atoms with van der Waals surface area (Å²) in [6.07, 6.45) is 1.97. The highest BCUT2D eigenvalue weighted by Gasteiger charge is 2.18. The summed E-state index contributed by atoms with van der Waals surface area (Å²) in [7, 11) is 0. The van der Waals surface area contributed by atoms with Gasteiger partial charge in [-0.3, -0.25) is 4.79 Å². The van der Waals surface area contributed by atoms with E-state index in [1.165, 1.54) is 18.2 Å². The molecule has 0 spiro atoms. The van der Waals surface area contributed by atoms with Gasteiger partial charge < -0.3 is 10.6 Å². The van der Waals surface area contributed by atoms with Gasteiger partial charge in [-0.15, -0.1) is 0 Å². The maximum absolute atomic E-state index is 13.2. The molecule has 1 atom stereocenters. The van der Waals surface area contributed by atoms with E-state index in [9.17, 15) is 9.18 Å². The number of amides is 1. The molecule has 1 aromatic carbocycles. The molecule has 1 unspecified atom stereocenters. The molecule has 1 aliphatic rings. The maximum Gasteiger partial charge on any atom is 0.253 e. The monoisotopic (exact) mass is 256 g/mol. The lowest BCUT2D eigenvalue weighted by Gasteiger charge is -2.23. The summed E-state index contributed by atoms with van der Waals surface area (Å²) < 4.78 is 13.2. The van der Waals surface area contributed by atoms with Crippen LogP contribution in [0.15, 0.2) is 18.2 Å². The van der Waals surface area contributed by atoms with Crippen molar-refractivity contribution in [1.82, 2.24) is 10.6 Å². The zero-order chi connectivity index (χ0) is 12.3. The Labute approximate surface area is 104 Å². The Balaban J connectivity index is 2.06. The maximum atomic E-state index is 13.2. The average molecular weight is 257 g/mol. The Bertz CT molecular complexity index is 419. The molecule has 17 heavy (non-hydrogen) atoms. The lowest BCUT2D eigenvalue weighted by atomic mass is 10.1. The molecular weight excluding hydrogens is 243 g/mol. The number of carbonyl (C=O) groups is 1. The van der Waals surface area contributed by atoms with Crippen LogP contribution < -0.4 is 10.6 Å². The molecule has 2 rings (SSSR count). The molecule has 0 aliphatic carbocycles. The standard InChI is InChI=1S/C12H14ClFN2O/c13-11-9(4-1-5-10(11)14)12(17)16-8-3-2-6-15-7-8/h1,4-5,8,15H,2-3,6-7H2,(H,16,17). The summed E-state index contributed by atoms with van der Waals surface area (Å²) in [6.45, 7) is 1.73. The van der Waals surface area contributed by atoms with Gasteiger partial charge in [0.15, 0.2) is 0 Å². The normalized spacial score (nSPS) is 20.0. The molecule has 0 radical (unpaired) electrons. The van der Waals surface area contributed by atoms with Gasteiger partial charge in [0.05, 0.1) is 10.6 Å². The first-order chi connectivity index (χ1) is 8.18. The van der Waals surface area contributed by atoms with Crippen LogP contribution in [0.3, 0.4) is 0 Å². The molecule has 1 amide bonds. The van der Waals surface area contributed by atoms with Gasteiger partial charge in [0.1, 0.15) is 5.82 Å². The molecule has 2 N–H and O–H groups in total. The number of benzene rings is 1. The van der Waals surface area contributed by atoms with Crippen molar-refractivity contribution in [3.63, 3.8) is 0 Å². The van der Waals surface area contributed by atoms with Crippen molar-refractivity contribution in [3.05, 3.63) is 34.6 Å². The van der Waals surface area contributed by atoms with Crippen molar-refractivity contribution < 1.29 is 9.18 Å². The lowest BCUT2D eigenvalue weighted by molar-refractivity contribution is 0.0930. The molecule has 5 heteroatoms. The Morgan fingerprint density at radius 1 is 1.53 bits per heavy atom. The first-order valence-electron chi connectivity index (χ1n) is 5.64. The highest BCUT2D eigenvalue weighted by Crippen LogP contribution is 2.19. The second-order valence-corrected chi connectivity index (χ2v) is 4.50. The van der Waals surface area contributed by atoms with Crippen LogP contribution in [-0.2, 0) is 0 Å². The molecule has 1 aliphatic heterocycles. The molecule has 92 valence electrons. The molecular formula is C12H14ClFN2O. The van der Waals surface area contributed by atoms with Crippen LogP contribution >= 0.6 is 11.6 Å². The van der Waals surface area contributed by atoms with Crippen molar-refractivity contribution in [3.8, 4) is 0 Å².